The lowest BCUT2D eigenvalue weighted by Crippen LogP contribution is -2.04. The lowest BCUT2D eigenvalue weighted by molar-refractivity contribution is 0.0602. The number of ether oxygens (including phenoxy) is 1. The van der Waals surface area contributed by atoms with Gasteiger partial charge in [0.1, 0.15) is 0 Å². The molecular weight excluding hydrogens is 394 g/mol. The highest BCUT2D eigenvalue weighted by atomic mass is 16.5. The van der Waals surface area contributed by atoms with Crippen LogP contribution in [-0.2, 0) is 4.74 Å². The van der Waals surface area contributed by atoms with Gasteiger partial charge in [-0.25, -0.2) is 4.79 Å². The Labute approximate surface area is 191 Å². The Balaban J connectivity index is 2.23. The first-order chi connectivity index (χ1) is 15.4. The van der Waals surface area contributed by atoms with E-state index in [1.807, 2.05) is 32.2 Å². The molecule has 0 amide bonds. The Bertz CT molecular complexity index is 1250. The molecule has 0 saturated carbocycles. The van der Waals surface area contributed by atoms with Gasteiger partial charge in [0.05, 0.1) is 18.4 Å². The van der Waals surface area contributed by atoms with E-state index in [4.69, 9.17) is 9.73 Å². The van der Waals surface area contributed by atoms with Crippen molar-refractivity contribution >= 4 is 34.6 Å². The van der Waals surface area contributed by atoms with Crippen LogP contribution in [-0.4, -0.2) is 19.3 Å². The highest BCUT2D eigenvalue weighted by molar-refractivity contribution is 6.06. The van der Waals surface area contributed by atoms with Crippen molar-refractivity contribution < 1.29 is 9.53 Å². The third kappa shape index (κ3) is 4.72. The maximum absolute atomic E-state index is 12.3. The van der Waals surface area contributed by atoms with Crippen molar-refractivity contribution in [1.29, 1.82) is 0 Å². The number of allylic oxidation sites excluding steroid dienone is 2. The van der Waals surface area contributed by atoms with Gasteiger partial charge in [-0.2, -0.15) is 0 Å². The topological polar surface area (TPSA) is 38.7 Å². The predicted octanol–water partition coefficient (Wildman–Crippen LogP) is 7.48. The Morgan fingerprint density at radius 3 is 2.50 bits per heavy atom. The second kappa shape index (κ2) is 10.2. The number of hydrogen-bond donors (Lipinski definition) is 0. The van der Waals surface area contributed by atoms with Crippen LogP contribution in [0.25, 0.3) is 22.4 Å². The van der Waals surface area contributed by atoms with Crippen LogP contribution in [0.15, 0.2) is 65.3 Å². The van der Waals surface area contributed by atoms with Crippen LogP contribution in [0, 0.1) is 20.8 Å². The first-order valence-corrected chi connectivity index (χ1v) is 11.0. The van der Waals surface area contributed by atoms with Gasteiger partial charge < -0.3 is 4.74 Å². The summed E-state index contributed by atoms with van der Waals surface area (Å²) in [4.78, 5) is 17.1. The third-order valence-corrected chi connectivity index (χ3v) is 5.81. The van der Waals surface area contributed by atoms with Crippen molar-refractivity contribution in [2.24, 2.45) is 4.99 Å². The molecule has 0 saturated heterocycles. The summed E-state index contributed by atoms with van der Waals surface area (Å²) in [6.45, 7) is 10.3. The maximum Gasteiger partial charge on any atom is 0.338 e. The molecular formula is C29H31NO2. The van der Waals surface area contributed by atoms with Crippen LogP contribution < -0.4 is 0 Å². The summed E-state index contributed by atoms with van der Waals surface area (Å²) in [5.74, 6) is -0.308. The standard InChI is InChI=1S/C29H31NO2/c1-7-16-30-27(8-2)26(24-11-9-10-19(3)21(24)5)18-22-13-15-25-23(17-22)14-12-20(4)28(25)29(31)32-6/h8-18H,7H2,1-6H3/b26-18-,27-8-,30-16?. The molecule has 3 heteroatoms. The number of fused-ring (bicyclic) bond motifs is 1. The van der Waals surface area contributed by atoms with Crippen molar-refractivity contribution in [3.8, 4) is 0 Å². The van der Waals surface area contributed by atoms with Crippen LogP contribution in [0.1, 0.15) is 58.4 Å². The quantitative estimate of drug-likeness (QED) is 0.178. The van der Waals surface area contributed by atoms with E-state index >= 15 is 0 Å². The van der Waals surface area contributed by atoms with Crippen molar-refractivity contribution in [3.63, 3.8) is 0 Å². The fourth-order valence-electron chi connectivity index (χ4n) is 3.91. The number of methoxy groups -OCH3 is 1. The lowest BCUT2D eigenvalue weighted by atomic mass is 9.92. The molecule has 3 aromatic carbocycles. The van der Waals surface area contributed by atoms with Crippen molar-refractivity contribution in [2.45, 2.75) is 41.0 Å². The Morgan fingerprint density at radius 2 is 1.81 bits per heavy atom. The molecule has 0 aliphatic rings. The van der Waals surface area contributed by atoms with Gasteiger partial charge in [0.15, 0.2) is 0 Å². The number of aryl methyl sites for hydroxylation is 2. The summed E-state index contributed by atoms with van der Waals surface area (Å²) >= 11 is 0. The van der Waals surface area contributed by atoms with Gasteiger partial charge in [0.25, 0.3) is 0 Å². The molecule has 0 radical (unpaired) electrons. The number of aliphatic imine (C=N–C) groups is 1. The highest BCUT2D eigenvalue weighted by Crippen LogP contribution is 2.32. The maximum atomic E-state index is 12.3. The molecule has 0 bridgehead atoms. The lowest BCUT2D eigenvalue weighted by Gasteiger charge is -2.14. The number of esters is 1. The van der Waals surface area contributed by atoms with Gasteiger partial charge in [0, 0.05) is 11.8 Å². The molecule has 0 atom stereocenters. The molecule has 0 aromatic heterocycles. The zero-order valence-electron chi connectivity index (χ0n) is 19.8. The predicted molar refractivity (Wildman–Crippen MR) is 136 cm³/mol. The molecule has 0 heterocycles. The van der Waals surface area contributed by atoms with Crippen molar-refractivity contribution in [3.05, 3.63) is 93.7 Å². The minimum atomic E-state index is -0.308. The molecule has 3 nitrogen and oxygen atoms in total. The third-order valence-electron chi connectivity index (χ3n) is 5.81. The molecule has 164 valence electrons. The fourth-order valence-corrected chi connectivity index (χ4v) is 3.91. The first-order valence-electron chi connectivity index (χ1n) is 11.0. The summed E-state index contributed by atoms with van der Waals surface area (Å²) in [6, 6.07) is 16.6. The zero-order chi connectivity index (χ0) is 23.3. The van der Waals surface area contributed by atoms with Crippen molar-refractivity contribution in [2.75, 3.05) is 7.11 Å². The number of carbonyl (C=O) groups is 1. The van der Waals surface area contributed by atoms with Crippen LogP contribution in [0.5, 0.6) is 0 Å². The van der Waals surface area contributed by atoms with Crippen LogP contribution in [0.3, 0.4) is 0 Å². The number of carbonyl (C=O) groups excluding carboxylic acids is 1. The second-order valence-corrected chi connectivity index (χ2v) is 7.93. The van der Waals surface area contributed by atoms with E-state index in [1.165, 1.54) is 23.8 Å². The largest absolute Gasteiger partial charge is 0.465 e. The molecule has 0 unspecified atom stereocenters. The number of hydrogen-bond acceptors (Lipinski definition) is 3. The molecule has 0 fully saturated rings. The number of nitrogens with zero attached hydrogens (tertiary/aromatic N) is 1. The minimum absolute atomic E-state index is 0.308. The minimum Gasteiger partial charge on any atom is -0.465 e. The summed E-state index contributed by atoms with van der Waals surface area (Å²) in [6.07, 6.45) is 7.06. The van der Waals surface area contributed by atoms with Crippen molar-refractivity contribution in [1.82, 2.24) is 0 Å². The Kier molecular flexibility index (Phi) is 7.42. The van der Waals surface area contributed by atoms with Crippen LogP contribution in [0.4, 0.5) is 0 Å². The molecule has 32 heavy (non-hydrogen) atoms. The summed E-state index contributed by atoms with van der Waals surface area (Å²) < 4.78 is 5.01. The average molecular weight is 426 g/mol. The molecule has 0 N–H and O–H groups in total. The second-order valence-electron chi connectivity index (χ2n) is 7.93. The van der Waals surface area contributed by atoms with Gasteiger partial charge in [-0.15, -0.1) is 0 Å². The van der Waals surface area contributed by atoms with Gasteiger partial charge in [0.2, 0.25) is 0 Å². The van der Waals surface area contributed by atoms with Gasteiger partial charge >= 0.3 is 5.97 Å². The van der Waals surface area contributed by atoms with E-state index in [0.29, 0.717) is 5.56 Å². The molecule has 0 aliphatic heterocycles. The van der Waals surface area contributed by atoms with E-state index in [0.717, 1.165) is 39.6 Å². The fraction of sp³-hybridized carbons (Fsp3) is 0.241. The molecule has 3 aromatic rings. The zero-order valence-corrected chi connectivity index (χ0v) is 19.8. The summed E-state index contributed by atoms with van der Waals surface area (Å²) in [5.41, 5.74) is 8.28. The monoisotopic (exact) mass is 425 g/mol. The Morgan fingerprint density at radius 1 is 1.03 bits per heavy atom. The summed E-state index contributed by atoms with van der Waals surface area (Å²) in [7, 11) is 1.42. The number of rotatable bonds is 6. The highest BCUT2D eigenvalue weighted by Gasteiger charge is 2.15. The van der Waals surface area contributed by atoms with Gasteiger partial charge in [-0.3, -0.25) is 4.99 Å². The van der Waals surface area contributed by atoms with E-state index in [-0.39, 0.29) is 5.97 Å². The summed E-state index contributed by atoms with van der Waals surface area (Å²) in [5, 5.41) is 1.90. The Hall–Kier alpha value is -3.46. The smallest absolute Gasteiger partial charge is 0.338 e. The molecule has 0 spiro atoms. The van der Waals surface area contributed by atoms with Gasteiger partial charge in [-0.1, -0.05) is 55.5 Å². The van der Waals surface area contributed by atoms with E-state index in [2.05, 4.69) is 69.3 Å². The van der Waals surface area contributed by atoms with E-state index in [9.17, 15) is 4.79 Å². The molecule has 3 rings (SSSR count). The van der Waals surface area contributed by atoms with E-state index < -0.39 is 0 Å². The SMILES string of the molecule is C/C=C(N=CCC)/C(=C\c1ccc2c(C(=O)OC)c(C)ccc2c1)c1cccc(C)c1C. The van der Waals surface area contributed by atoms with Crippen LogP contribution in [0.2, 0.25) is 0 Å². The average Bonchev–Trinajstić information content (AvgIpc) is 2.80. The normalized spacial score (nSPS) is 12.6. The first kappa shape index (κ1) is 23.2. The van der Waals surface area contributed by atoms with Gasteiger partial charge in [-0.05, 0) is 84.8 Å². The number of benzene rings is 3. The van der Waals surface area contributed by atoms with Crippen LogP contribution >= 0.6 is 0 Å². The van der Waals surface area contributed by atoms with E-state index in [1.54, 1.807) is 0 Å². The molecule has 0 aliphatic carbocycles.